The molecule has 6 nitrogen and oxygen atoms in total. The average molecular weight is 284 g/mol. The van der Waals surface area contributed by atoms with E-state index >= 15 is 0 Å². The van der Waals surface area contributed by atoms with Crippen LogP contribution in [0.15, 0.2) is 17.7 Å². The van der Waals surface area contributed by atoms with Crippen molar-refractivity contribution in [3.8, 4) is 5.75 Å². The van der Waals surface area contributed by atoms with Crippen molar-refractivity contribution in [2.24, 2.45) is 0 Å². The van der Waals surface area contributed by atoms with Crippen molar-refractivity contribution < 1.29 is 19.2 Å². The lowest BCUT2D eigenvalue weighted by Gasteiger charge is -2.06. The highest BCUT2D eigenvalue weighted by Crippen LogP contribution is 2.37. The smallest absolute Gasteiger partial charge is 0.333 e. The quantitative estimate of drug-likeness (QED) is 0.473. The van der Waals surface area contributed by atoms with Gasteiger partial charge in [0.2, 0.25) is 5.75 Å². The number of nitro groups is 1. The SMILES string of the molecule is COC(=O)C1=Cc2cc(Cl)cc([N+](=O)[O-])c2OCC1. The van der Waals surface area contributed by atoms with Gasteiger partial charge < -0.3 is 9.47 Å². The minimum Gasteiger partial charge on any atom is -0.486 e. The van der Waals surface area contributed by atoms with Gasteiger partial charge in [0, 0.05) is 28.6 Å². The van der Waals surface area contributed by atoms with Gasteiger partial charge in [0.15, 0.2) is 0 Å². The molecule has 100 valence electrons. The molecule has 19 heavy (non-hydrogen) atoms. The molecule has 0 spiro atoms. The fourth-order valence-corrected chi connectivity index (χ4v) is 2.04. The Hall–Kier alpha value is -2.08. The average Bonchev–Trinajstić information content (AvgIpc) is 2.58. The van der Waals surface area contributed by atoms with E-state index in [9.17, 15) is 14.9 Å². The summed E-state index contributed by atoms with van der Waals surface area (Å²) in [6, 6.07) is 2.73. The van der Waals surface area contributed by atoms with Crippen molar-refractivity contribution >= 4 is 29.3 Å². The van der Waals surface area contributed by atoms with Crippen LogP contribution in [0.3, 0.4) is 0 Å². The molecule has 0 saturated heterocycles. The van der Waals surface area contributed by atoms with Crippen LogP contribution < -0.4 is 4.74 Å². The molecule has 1 aliphatic rings. The molecule has 0 amide bonds. The predicted molar refractivity (Wildman–Crippen MR) is 68.2 cm³/mol. The number of esters is 1. The van der Waals surface area contributed by atoms with Crippen molar-refractivity contribution in [3.05, 3.63) is 38.4 Å². The summed E-state index contributed by atoms with van der Waals surface area (Å²) in [5, 5.41) is 11.2. The van der Waals surface area contributed by atoms with E-state index in [1.165, 1.54) is 25.3 Å². The molecule has 0 aromatic heterocycles. The fourth-order valence-electron chi connectivity index (χ4n) is 1.81. The number of hydrogen-bond donors (Lipinski definition) is 0. The molecule has 0 fully saturated rings. The van der Waals surface area contributed by atoms with Crippen LogP contribution in [0.2, 0.25) is 5.02 Å². The van der Waals surface area contributed by atoms with Gasteiger partial charge in [-0.2, -0.15) is 0 Å². The summed E-state index contributed by atoms with van der Waals surface area (Å²) in [4.78, 5) is 21.9. The summed E-state index contributed by atoms with van der Waals surface area (Å²) < 4.78 is 10.00. The van der Waals surface area contributed by atoms with Crippen LogP contribution in [-0.4, -0.2) is 24.6 Å². The van der Waals surface area contributed by atoms with Crippen LogP contribution >= 0.6 is 11.6 Å². The third-order valence-corrected chi connectivity index (χ3v) is 2.87. The maximum absolute atomic E-state index is 11.5. The number of ether oxygens (including phenoxy) is 2. The Labute approximate surface area is 113 Å². The molecule has 2 rings (SSSR count). The first kappa shape index (κ1) is 13.4. The van der Waals surface area contributed by atoms with E-state index in [1.807, 2.05) is 0 Å². The third kappa shape index (κ3) is 2.68. The Morgan fingerprint density at radius 3 is 2.89 bits per heavy atom. The highest BCUT2D eigenvalue weighted by molar-refractivity contribution is 6.31. The van der Waals surface area contributed by atoms with Crippen molar-refractivity contribution in [2.45, 2.75) is 6.42 Å². The monoisotopic (exact) mass is 283 g/mol. The molecule has 0 unspecified atom stereocenters. The van der Waals surface area contributed by atoms with Crippen LogP contribution in [0.25, 0.3) is 6.08 Å². The molecule has 0 bridgehead atoms. The summed E-state index contributed by atoms with van der Waals surface area (Å²) in [5.41, 5.74) is 0.569. The van der Waals surface area contributed by atoms with E-state index < -0.39 is 10.9 Å². The summed E-state index contributed by atoms with van der Waals surface area (Å²) in [6.45, 7) is 0.163. The lowest BCUT2D eigenvalue weighted by Crippen LogP contribution is -2.07. The minimum absolute atomic E-state index is 0.119. The molecular weight excluding hydrogens is 274 g/mol. The van der Waals surface area contributed by atoms with Crippen molar-refractivity contribution in [1.82, 2.24) is 0 Å². The lowest BCUT2D eigenvalue weighted by atomic mass is 10.1. The Kier molecular flexibility index (Phi) is 3.71. The van der Waals surface area contributed by atoms with Crippen molar-refractivity contribution in [3.63, 3.8) is 0 Å². The van der Waals surface area contributed by atoms with Gasteiger partial charge in [0.1, 0.15) is 0 Å². The summed E-state index contributed by atoms with van der Waals surface area (Å²) in [6.07, 6.45) is 1.82. The van der Waals surface area contributed by atoms with E-state index in [4.69, 9.17) is 16.3 Å². The summed E-state index contributed by atoms with van der Waals surface area (Å²) in [5.74, 6) is -0.368. The largest absolute Gasteiger partial charge is 0.486 e. The van der Waals surface area contributed by atoms with Gasteiger partial charge in [-0.15, -0.1) is 0 Å². The van der Waals surface area contributed by atoms with Gasteiger partial charge in [-0.3, -0.25) is 10.1 Å². The Morgan fingerprint density at radius 2 is 2.26 bits per heavy atom. The first-order valence-corrected chi connectivity index (χ1v) is 5.80. The van der Waals surface area contributed by atoms with Crippen LogP contribution in [0, 0.1) is 10.1 Å². The van der Waals surface area contributed by atoms with Gasteiger partial charge in [-0.1, -0.05) is 11.6 Å². The normalized spacial score (nSPS) is 13.7. The molecule has 1 heterocycles. The molecule has 1 aromatic carbocycles. The topological polar surface area (TPSA) is 78.7 Å². The molecular formula is C12H10ClNO5. The highest BCUT2D eigenvalue weighted by atomic mass is 35.5. The van der Waals surface area contributed by atoms with E-state index in [-0.39, 0.29) is 23.1 Å². The number of carbonyl (C=O) groups excluding carboxylic acids is 1. The molecule has 0 atom stereocenters. The first-order chi connectivity index (χ1) is 9.02. The maximum Gasteiger partial charge on any atom is 0.333 e. The number of halogens is 1. The molecule has 1 aromatic rings. The second-order valence-electron chi connectivity index (χ2n) is 3.86. The van der Waals surface area contributed by atoms with Gasteiger partial charge in [0.25, 0.3) is 0 Å². The zero-order chi connectivity index (χ0) is 14.0. The predicted octanol–water partition coefficient (Wildman–Crippen LogP) is 2.59. The Bertz CT molecular complexity index is 582. The lowest BCUT2D eigenvalue weighted by molar-refractivity contribution is -0.385. The molecule has 1 aliphatic heterocycles. The van der Waals surface area contributed by atoms with Gasteiger partial charge >= 0.3 is 11.7 Å². The van der Waals surface area contributed by atoms with Crippen molar-refractivity contribution in [1.29, 1.82) is 0 Å². The molecule has 0 aliphatic carbocycles. The van der Waals surface area contributed by atoms with Crippen molar-refractivity contribution in [2.75, 3.05) is 13.7 Å². The van der Waals surface area contributed by atoms with Crippen LogP contribution in [0.4, 0.5) is 5.69 Å². The number of hydrogen-bond acceptors (Lipinski definition) is 5. The number of benzene rings is 1. The van der Waals surface area contributed by atoms with Gasteiger partial charge in [-0.05, 0) is 12.1 Å². The Morgan fingerprint density at radius 1 is 1.53 bits per heavy atom. The molecule has 0 saturated carbocycles. The first-order valence-electron chi connectivity index (χ1n) is 5.42. The summed E-state index contributed by atoms with van der Waals surface area (Å²) in [7, 11) is 1.27. The number of fused-ring (bicyclic) bond motifs is 1. The number of methoxy groups -OCH3 is 1. The number of rotatable bonds is 2. The summed E-state index contributed by atoms with van der Waals surface area (Å²) >= 11 is 5.83. The third-order valence-electron chi connectivity index (χ3n) is 2.65. The zero-order valence-corrected chi connectivity index (χ0v) is 10.8. The van der Waals surface area contributed by atoms with Crippen LogP contribution in [0.1, 0.15) is 12.0 Å². The highest BCUT2D eigenvalue weighted by Gasteiger charge is 2.24. The zero-order valence-electron chi connectivity index (χ0n) is 10.0. The second-order valence-corrected chi connectivity index (χ2v) is 4.30. The number of nitro benzene ring substituents is 1. The van der Waals surface area contributed by atoms with E-state index in [1.54, 1.807) is 0 Å². The van der Waals surface area contributed by atoms with Gasteiger partial charge in [-0.25, -0.2) is 4.79 Å². The van der Waals surface area contributed by atoms with Gasteiger partial charge in [0.05, 0.1) is 18.6 Å². The number of carbonyl (C=O) groups is 1. The maximum atomic E-state index is 11.5. The minimum atomic E-state index is -0.568. The Balaban J connectivity index is 2.58. The number of nitrogens with zero attached hydrogens (tertiary/aromatic N) is 1. The standard InChI is InChI=1S/C12H10ClNO5/c1-18-12(15)7-2-3-19-11-8(4-7)5-9(13)6-10(11)14(16)17/h4-6H,2-3H2,1H3. The molecule has 0 N–H and O–H groups in total. The second kappa shape index (κ2) is 5.27. The molecule has 7 heteroatoms. The van der Waals surface area contributed by atoms with E-state index in [2.05, 4.69) is 4.74 Å². The molecule has 0 radical (unpaired) electrons. The van der Waals surface area contributed by atoms with Crippen LogP contribution in [0.5, 0.6) is 5.75 Å². The van der Waals surface area contributed by atoms with E-state index in [0.717, 1.165) is 0 Å². The van der Waals surface area contributed by atoms with E-state index in [0.29, 0.717) is 17.6 Å². The van der Waals surface area contributed by atoms with Crippen LogP contribution in [-0.2, 0) is 9.53 Å². The fraction of sp³-hybridized carbons (Fsp3) is 0.250.